The maximum Gasteiger partial charge on any atom is 0.320 e. The molecular formula is C19H21N3O2. The number of nitrogens with zero attached hydrogens (tertiary/aromatic N) is 1. The van der Waals surface area contributed by atoms with Crippen LogP contribution in [0.15, 0.2) is 54.6 Å². The number of nitrogens with two attached hydrogens (primary N) is 1. The van der Waals surface area contributed by atoms with Crippen LogP contribution in [-0.2, 0) is 9.59 Å². The van der Waals surface area contributed by atoms with Crippen molar-refractivity contribution in [3.63, 3.8) is 0 Å². The van der Waals surface area contributed by atoms with Gasteiger partial charge < -0.3 is 11.1 Å². The first-order valence-corrected chi connectivity index (χ1v) is 8.20. The fraction of sp³-hybridized carbons (Fsp3) is 0.263. The summed E-state index contributed by atoms with van der Waals surface area (Å²) in [6.07, 6.45) is 4.07. The third-order valence-electron chi connectivity index (χ3n) is 4.25. The smallest absolute Gasteiger partial charge is 0.320 e. The van der Waals surface area contributed by atoms with Gasteiger partial charge in [0.25, 0.3) is 0 Å². The summed E-state index contributed by atoms with van der Waals surface area (Å²) in [6.45, 7) is 0. The molecule has 0 aromatic heterocycles. The lowest BCUT2D eigenvalue weighted by Gasteiger charge is -2.23. The SMILES string of the molecule is Nc1ccc(N(C(=O)C(=O)NC2CCCC2)c2ccccc2)cc1. The average Bonchev–Trinajstić information content (AvgIpc) is 3.10. The molecule has 2 aromatic rings. The fourth-order valence-electron chi connectivity index (χ4n) is 3.00. The normalized spacial score (nSPS) is 14.3. The molecule has 124 valence electrons. The predicted molar refractivity (Wildman–Crippen MR) is 94.8 cm³/mol. The quantitative estimate of drug-likeness (QED) is 0.673. The molecule has 2 aromatic carbocycles. The van der Waals surface area contributed by atoms with Gasteiger partial charge >= 0.3 is 11.8 Å². The molecule has 1 aliphatic rings. The van der Waals surface area contributed by atoms with Gasteiger partial charge in [-0.05, 0) is 49.2 Å². The molecule has 0 atom stereocenters. The first-order chi connectivity index (χ1) is 11.6. The lowest BCUT2D eigenvalue weighted by molar-refractivity contribution is -0.137. The fourth-order valence-corrected chi connectivity index (χ4v) is 3.00. The Hall–Kier alpha value is -2.82. The van der Waals surface area contributed by atoms with E-state index >= 15 is 0 Å². The summed E-state index contributed by atoms with van der Waals surface area (Å²) in [4.78, 5) is 26.6. The Balaban J connectivity index is 1.87. The van der Waals surface area contributed by atoms with Gasteiger partial charge in [-0.1, -0.05) is 31.0 Å². The van der Waals surface area contributed by atoms with E-state index in [4.69, 9.17) is 5.73 Å². The second-order valence-electron chi connectivity index (χ2n) is 6.02. The summed E-state index contributed by atoms with van der Waals surface area (Å²) >= 11 is 0. The minimum Gasteiger partial charge on any atom is -0.399 e. The average molecular weight is 323 g/mol. The zero-order valence-electron chi connectivity index (χ0n) is 13.4. The number of carbonyl (C=O) groups is 2. The number of para-hydroxylation sites is 1. The third kappa shape index (κ3) is 3.56. The molecule has 0 radical (unpaired) electrons. The maximum atomic E-state index is 12.8. The van der Waals surface area contributed by atoms with Crippen molar-refractivity contribution < 1.29 is 9.59 Å². The molecule has 0 heterocycles. The molecule has 0 saturated heterocycles. The highest BCUT2D eigenvalue weighted by Crippen LogP contribution is 2.26. The Morgan fingerprint density at radius 1 is 0.917 bits per heavy atom. The molecule has 0 aliphatic heterocycles. The molecule has 0 unspecified atom stereocenters. The molecule has 1 aliphatic carbocycles. The van der Waals surface area contributed by atoms with Crippen LogP contribution in [0.1, 0.15) is 25.7 Å². The van der Waals surface area contributed by atoms with E-state index in [1.807, 2.05) is 18.2 Å². The van der Waals surface area contributed by atoms with Crippen LogP contribution < -0.4 is 16.0 Å². The maximum absolute atomic E-state index is 12.8. The first-order valence-electron chi connectivity index (χ1n) is 8.20. The molecule has 1 saturated carbocycles. The molecule has 3 rings (SSSR count). The minimum absolute atomic E-state index is 0.102. The Morgan fingerprint density at radius 3 is 2.12 bits per heavy atom. The van der Waals surface area contributed by atoms with Crippen LogP contribution in [0.25, 0.3) is 0 Å². The van der Waals surface area contributed by atoms with E-state index in [9.17, 15) is 9.59 Å². The van der Waals surface area contributed by atoms with E-state index in [0.717, 1.165) is 25.7 Å². The standard InChI is InChI=1S/C19H21N3O2/c20-14-10-12-17(13-11-14)22(16-8-2-1-3-9-16)19(24)18(23)21-15-6-4-5-7-15/h1-3,8-13,15H,4-7,20H2,(H,21,23). The van der Waals surface area contributed by atoms with Crippen molar-refractivity contribution >= 4 is 28.9 Å². The Morgan fingerprint density at radius 2 is 1.50 bits per heavy atom. The van der Waals surface area contributed by atoms with Crippen LogP contribution in [0.2, 0.25) is 0 Å². The number of hydrogen-bond donors (Lipinski definition) is 2. The second kappa shape index (κ2) is 7.17. The van der Waals surface area contributed by atoms with Crippen molar-refractivity contribution in [3.05, 3.63) is 54.6 Å². The Labute approximate surface area is 141 Å². The number of rotatable bonds is 3. The highest BCUT2D eigenvalue weighted by Gasteiger charge is 2.27. The number of nitrogen functional groups attached to an aromatic ring is 1. The van der Waals surface area contributed by atoms with Crippen LogP contribution >= 0.6 is 0 Å². The Kier molecular flexibility index (Phi) is 4.79. The monoisotopic (exact) mass is 323 g/mol. The number of carbonyl (C=O) groups excluding carboxylic acids is 2. The predicted octanol–water partition coefficient (Wildman–Crippen LogP) is 2.99. The zero-order chi connectivity index (χ0) is 16.9. The molecule has 2 amide bonds. The van der Waals surface area contributed by atoms with Crippen LogP contribution in [-0.4, -0.2) is 17.9 Å². The molecule has 1 fully saturated rings. The van der Waals surface area contributed by atoms with Crippen molar-refractivity contribution in [2.45, 2.75) is 31.7 Å². The second-order valence-corrected chi connectivity index (χ2v) is 6.02. The van der Waals surface area contributed by atoms with Crippen LogP contribution in [0.5, 0.6) is 0 Å². The van der Waals surface area contributed by atoms with Gasteiger partial charge in [0.05, 0.1) is 0 Å². The van der Waals surface area contributed by atoms with Crippen LogP contribution in [0.4, 0.5) is 17.1 Å². The highest BCUT2D eigenvalue weighted by molar-refractivity contribution is 6.42. The van der Waals surface area contributed by atoms with Gasteiger partial charge in [-0.15, -0.1) is 0 Å². The van der Waals surface area contributed by atoms with E-state index in [1.54, 1.807) is 36.4 Å². The summed E-state index contributed by atoms with van der Waals surface area (Å²) in [7, 11) is 0. The van der Waals surface area contributed by atoms with Gasteiger partial charge in [-0.3, -0.25) is 14.5 Å². The molecule has 3 N–H and O–H groups in total. The van der Waals surface area contributed by atoms with Crippen molar-refractivity contribution in [2.75, 3.05) is 10.6 Å². The van der Waals surface area contributed by atoms with Crippen molar-refractivity contribution in [2.24, 2.45) is 0 Å². The Bertz CT molecular complexity index is 707. The molecule has 5 heteroatoms. The molecule has 5 nitrogen and oxygen atoms in total. The number of hydrogen-bond acceptors (Lipinski definition) is 3. The van der Waals surface area contributed by atoms with Gasteiger partial charge in [0, 0.05) is 23.1 Å². The van der Waals surface area contributed by atoms with Gasteiger partial charge in [0.15, 0.2) is 0 Å². The number of benzene rings is 2. The van der Waals surface area contributed by atoms with Crippen molar-refractivity contribution in [3.8, 4) is 0 Å². The summed E-state index contributed by atoms with van der Waals surface area (Å²) in [5.41, 5.74) is 7.59. The minimum atomic E-state index is -0.585. The molecule has 0 spiro atoms. The van der Waals surface area contributed by atoms with E-state index in [0.29, 0.717) is 17.1 Å². The summed E-state index contributed by atoms with van der Waals surface area (Å²) in [5.74, 6) is -1.15. The highest BCUT2D eigenvalue weighted by atomic mass is 16.2. The van der Waals surface area contributed by atoms with Crippen LogP contribution in [0, 0.1) is 0 Å². The van der Waals surface area contributed by atoms with Gasteiger partial charge in [-0.25, -0.2) is 0 Å². The summed E-state index contributed by atoms with van der Waals surface area (Å²) in [5, 5.41) is 2.86. The summed E-state index contributed by atoms with van der Waals surface area (Å²) < 4.78 is 0. The van der Waals surface area contributed by atoms with Gasteiger partial charge in [-0.2, -0.15) is 0 Å². The largest absolute Gasteiger partial charge is 0.399 e. The van der Waals surface area contributed by atoms with Gasteiger partial charge in [0.2, 0.25) is 0 Å². The number of anilines is 3. The topological polar surface area (TPSA) is 75.4 Å². The van der Waals surface area contributed by atoms with E-state index < -0.39 is 11.8 Å². The molecular weight excluding hydrogens is 302 g/mol. The van der Waals surface area contributed by atoms with E-state index in [2.05, 4.69) is 5.32 Å². The third-order valence-corrected chi connectivity index (χ3v) is 4.25. The lowest BCUT2D eigenvalue weighted by atomic mass is 10.2. The number of amides is 2. The summed E-state index contributed by atoms with van der Waals surface area (Å²) in [6, 6.07) is 16.2. The van der Waals surface area contributed by atoms with Gasteiger partial charge in [0.1, 0.15) is 0 Å². The van der Waals surface area contributed by atoms with Crippen LogP contribution in [0.3, 0.4) is 0 Å². The number of nitrogens with one attached hydrogen (secondary N) is 1. The van der Waals surface area contributed by atoms with Crippen molar-refractivity contribution in [1.29, 1.82) is 0 Å². The first kappa shape index (κ1) is 16.1. The lowest BCUT2D eigenvalue weighted by Crippen LogP contribution is -2.44. The van der Waals surface area contributed by atoms with Crippen molar-refractivity contribution in [1.82, 2.24) is 5.32 Å². The van der Waals surface area contributed by atoms with E-state index in [-0.39, 0.29) is 6.04 Å². The molecule has 0 bridgehead atoms. The van der Waals surface area contributed by atoms with E-state index in [1.165, 1.54) is 4.90 Å². The zero-order valence-corrected chi connectivity index (χ0v) is 13.4. The molecule has 24 heavy (non-hydrogen) atoms.